The summed E-state index contributed by atoms with van der Waals surface area (Å²) < 4.78 is 5.15. The van der Waals surface area contributed by atoms with Gasteiger partial charge in [0.05, 0.1) is 44.9 Å². The Morgan fingerprint density at radius 3 is 2.44 bits per heavy atom. The number of furan rings is 1. The molecule has 9 heteroatoms. The number of nitriles is 3. The summed E-state index contributed by atoms with van der Waals surface area (Å²) in [6.45, 7) is 1.81. The molecular weight excluding hydrogens is 346 g/mol. The number of aromatic amines is 1. The fourth-order valence-electron chi connectivity index (χ4n) is 3.11. The number of piperazine rings is 1. The van der Waals surface area contributed by atoms with Gasteiger partial charge in [0, 0.05) is 5.56 Å². The van der Waals surface area contributed by atoms with Crippen LogP contribution in [0, 0.1) is 34.0 Å². The lowest BCUT2D eigenvalue weighted by Crippen LogP contribution is -2.50. The second-order valence-corrected chi connectivity index (χ2v) is 5.93. The molecular formula is C18H16N7O2+. The number of anilines is 2. The molecule has 0 spiro atoms. The largest absolute Gasteiger partial charge is 0.459 e. The summed E-state index contributed by atoms with van der Waals surface area (Å²) in [6, 6.07) is 9.28. The van der Waals surface area contributed by atoms with Crippen LogP contribution in [0.3, 0.4) is 0 Å². The fraction of sp³-hybridized carbons (Fsp3) is 0.278. The van der Waals surface area contributed by atoms with Crippen LogP contribution in [0.25, 0.3) is 0 Å². The smallest absolute Gasteiger partial charge is 0.289 e. The van der Waals surface area contributed by atoms with Gasteiger partial charge in [-0.05, 0) is 12.1 Å². The molecule has 3 rings (SSSR count). The number of pyridine rings is 1. The third-order valence-electron chi connectivity index (χ3n) is 4.46. The maximum absolute atomic E-state index is 12.4. The highest BCUT2D eigenvalue weighted by atomic mass is 16.3. The van der Waals surface area contributed by atoms with E-state index in [0.29, 0.717) is 37.6 Å². The Kier molecular flexibility index (Phi) is 4.92. The van der Waals surface area contributed by atoms with E-state index in [1.807, 2.05) is 17.0 Å². The molecule has 1 fully saturated rings. The Bertz CT molecular complexity index is 985. The number of carbonyl (C=O) groups is 1. The Morgan fingerprint density at radius 2 is 1.89 bits per heavy atom. The van der Waals surface area contributed by atoms with Gasteiger partial charge < -0.3 is 15.1 Å². The van der Waals surface area contributed by atoms with E-state index in [4.69, 9.17) is 15.4 Å². The van der Waals surface area contributed by atoms with Crippen LogP contribution in [0.5, 0.6) is 0 Å². The number of nitrogens with two attached hydrogens (primary N) is 1. The lowest BCUT2D eigenvalue weighted by Gasteiger charge is -2.32. The van der Waals surface area contributed by atoms with E-state index < -0.39 is 0 Å². The highest BCUT2D eigenvalue weighted by Crippen LogP contribution is 2.25. The van der Waals surface area contributed by atoms with Gasteiger partial charge >= 0.3 is 0 Å². The molecule has 1 aliphatic heterocycles. The van der Waals surface area contributed by atoms with Crippen molar-refractivity contribution in [2.45, 2.75) is 6.42 Å². The number of amides is 1. The van der Waals surface area contributed by atoms with Gasteiger partial charge in [0.15, 0.2) is 5.76 Å². The maximum atomic E-state index is 12.4. The van der Waals surface area contributed by atoms with E-state index in [1.54, 1.807) is 17.0 Å². The number of hydrogen-bond acceptors (Lipinski definition) is 7. The second-order valence-electron chi connectivity index (χ2n) is 5.93. The first kappa shape index (κ1) is 17.8. The maximum Gasteiger partial charge on any atom is 0.289 e. The number of nitrogens with zero attached hydrogens (tertiary/aromatic N) is 5. The predicted octanol–water partition coefficient (Wildman–Crippen LogP) is 0.448. The van der Waals surface area contributed by atoms with Crippen LogP contribution in [-0.4, -0.2) is 37.0 Å². The van der Waals surface area contributed by atoms with Gasteiger partial charge in [0.1, 0.15) is 23.3 Å². The molecule has 0 aliphatic carbocycles. The summed E-state index contributed by atoms with van der Waals surface area (Å²) in [6.07, 6.45) is 1.36. The predicted molar refractivity (Wildman–Crippen MR) is 93.0 cm³/mol. The fourth-order valence-corrected chi connectivity index (χ4v) is 3.11. The third-order valence-corrected chi connectivity index (χ3v) is 4.46. The number of rotatable bonds is 3. The van der Waals surface area contributed by atoms with Crippen LogP contribution in [0.15, 0.2) is 22.8 Å². The molecule has 2 aromatic rings. The van der Waals surface area contributed by atoms with Gasteiger partial charge in [0.2, 0.25) is 11.6 Å². The summed E-state index contributed by atoms with van der Waals surface area (Å²) in [4.78, 5) is 18.8. The van der Waals surface area contributed by atoms with Gasteiger partial charge in [-0.3, -0.25) is 9.69 Å². The van der Waals surface area contributed by atoms with Crippen molar-refractivity contribution in [2.24, 2.45) is 0 Å². The molecule has 134 valence electrons. The van der Waals surface area contributed by atoms with Crippen molar-refractivity contribution in [1.82, 2.24) is 4.90 Å². The first-order valence-corrected chi connectivity index (χ1v) is 8.23. The summed E-state index contributed by atoms with van der Waals surface area (Å²) in [5, 5.41) is 27.9. The number of nitrogen functional groups attached to an aromatic ring is 1. The highest BCUT2D eigenvalue weighted by molar-refractivity contribution is 5.91. The van der Waals surface area contributed by atoms with Crippen molar-refractivity contribution >= 4 is 17.5 Å². The first-order valence-electron chi connectivity index (χ1n) is 8.23. The van der Waals surface area contributed by atoms with Crippen molar-refractivity contribution < 1.29 is 14.2 Å². The molecule has 9 nitrogen and oxygen atoms in total. The number of aromatic nitrogens is 1. The highest BCUT2D eigenvalue weighted by Gasteiger charge is 2.31. The Morgan fingerprint density at radius 1 is 1.19 bits per heavy atom. The molecule has 1 saturated heterocycles. The zero-order valence-corrected chi connectivity index (χ0v) is 14.4. The monoisotopic (exact) mass is 362 g/mol. The summed E-state index contributed by atoms with van der Waals surface area (Å²) in [7, 11) is 0. The number of hydrogen-bond donors (Lipinski definition) is 1. The van der Waals surface area contributed by atoms with Gasteiger partial charge in [-0.15, -0.1) is 0 Å². The molecule has 1 amide bonds. The van der Waals surface area contributed by atoms with Gasteiger partial charge in [0.25, 0.3) is 5.91 Å². The molecule has 1 aliphatic rings. The van der Waals surface area contributed by atoms with E-state index in [-0.39, 0.29) is 35.0 Å². The standard InChI is InChI=1S/C18H15N7O2/c19-4-3-12-13(10-20)16(22)23-17(14(12)11-21)24-5-7-25(8-6-24)18(26)15-2-1-9-27-15/h1-2,9H,3,5-8H2,(H2,22,23)/p+1. The van der Waals surface area contributed by atoms with Crippen molar-refractivity contribution in [1.29, 1.82) is 15.8 Å². The van der Waals surface area contributed by atoms with E-state index >= 15 is 0 Å². The van der Waals surface area contributed by atoms with E-state index in [2.05, 4.69) is 11.1 Å². The lowest BCUT2D eigenvalue weighted by molar-refractivity contribution is -0.347. The van der Waals surface area contributed by atoms with Crippen LogP contribution in [0.1, 0.15) is 27.2 Å². The molecule has 3 N–H and O–H groups in total. The number of nitrogens with one attached hydrogen (secondary N) is 1. The minimum absolute atomic E-state index is 0.0887. The SMILES string of the molecule is N#CCc1c(C#N)c(N)[nH+]c(N2CCN(C(=O)c3ccco3)CC2)c1C#N. The number of H-pyrrole nitrogens is 1. The molecule has 0 unspecified atom stereocenters. The quantitative estimate of drug-likeness (QED) is 0.833. The van der Waals surface area contributed by atoms with Crippen molar-refractivity contribution in [2.75, 3.05) is 36.8 Å². The van der Waals surface area contributed by atoms with Crippen LogP contribution < -0.4 is 15.6 Å². The molecule has 0 bridgehead atoms. The van der Waals surface area contributed by atoms with Crippen molar-refractivity contribution in [3.05, 3.63) is 40.8 Å². The average Bonchev–Trinajstić information content (AvgIpc) is 3.22. The summed E-state index contributed by atoms with van der Waals surface area (Å²) >= 11 is 0. The molecule has 0 aromatic carbocycles. The third kappa shape index (κ3) is 3.24. The van der Waals surface area contributed by atoms with Gasteiger partial charge in [-0.25, -0.2) is 4.98 Å². The molecule has 27 heavy (non-hydrogen) atoms. The Balaban J connectivity index is 1.86. The molecule has 2 aromatic heterocycles. The minimum Gasteiger partial charge on any atom is -0.459 e. The van der Waals surface area contributed by atoms with E-state index in [9.17, 15) is 15.3 Å². The van der Waals surface area contributed by atoms with E-state index in [0.717, 1.165) is 0 Å². The van der Waals surface area contributed by atoms with Gasteiger partial charge in [-0.1, -0.05) is 0 Å². The Labute approximate surface area is 155 Å². The van der Waals surface area contributed by atoms with Crippen LogP contribution in [-0.2, 0) is 6.42 Å². The van der Waals surface area contributed by atoms with Crippen LogP contribution in [0.2, 0.25) is 0 Å². The number of carbonyl (C=O) groups excluding carboxylic acids is 1. The van der Waals surface area contributed by atoms with Crippen molar-refractivity contribution in [3.63, 3.8) is 0 Å². The van der Waals surface area contributed by atoms with Crippen molar-refractivity contribution in [3.8, 4) is 18.2 Å². The normalized spacial score (nSPS) is 13.5. The lowest BCUT2D eigenvalue weighted by atomic mass is 10.0. The Hall–Kier alpha value is -4.03. The zero-order chi connectivity index (χ0) is 19.4. The van der Waals surface area contributed by atoms with Gasteiger partial charge in [-0.2, -0.15) is 15.8 Å². The van der Waals surface area contributed by atoms with Crippen LogP contribution in [0.4, 0.5) is 11.6 Å². The summed E-state index contributed by atoms with van der Waals surface area (Å²) in [5.41, 5.74) is 6.60. The average molecular weight is 362 g/mol. The minimum atomic E-state index is -0.186. The second kappa shape index (κ2) is 7.47. The molecule has 0 atom stereocenters. The summed E-state index contributed by atoms with van der Waals surface area (Å²) in [5.74, 6) is 0.676. The molecule has 0 radical (unpaired) electrons. The molecule has 0 saturated carbocycles. The van der Waals surface area contributed by atoms with Crippen LogP contribution >= 0.6 is 0 Å². The first-order chi connectivity index (χ1) is 13.1. The zero-order valence-electron chi connectivity index (χ0n) is 14.4. The van der Waals surface area contributed by atoms with E-state index in [1.165, 1.54) is 6.26 Å². The topological polar surface area (TPSA) is 148 Å². The molecule has 3 heterocycles.